The van der Waals surface area contributed by atoms with Gasteiger partial charge in [-0.3, -0.25) is 4.79 Å². The maximum Gasteiger partial charge on any atom is 0.254 e. The zero-order chi connectivity index (χ0) is 15.6. The number of carbonyl (C=O) groups is 1. The van der Waals surface area contributed by atoms with Crippen molar-refractivity contribution in [1.29, 1.82) is 0 Å². The van der Waals surface area contributed by atoms with Crippen molar-refractivity contribution >= 4 is 5.91 Å². The zero-order valence-electron chi connectivity index (χ0n) is 12.9. The van der Waals surface area contributed by atoms with Crippen LogP contribution >= 0.6 is 0 Å². The lowest BCUT2D eigenvalue weighted by atomic mass is 10.1. The summed E-state index contributed by atoms with van der Waals surface area (Å²) in [5.41, 5.74) is 0.712. The molecule has 4 rings (SSSR count). The molecule has 2 aliphatic rings. The molecule has 0 N–H and O–H groups in total. The standard InChI is InChI=1S/C19H19NO3/c21-19(20-15-8-9-16(20)13-22-12-15)14-6-10-18(11-7-14)23-17-4-2-1-3-5-17/h1-7,10-11,15-16H,8-9,12-13H2. The van der Waals surface area contributed by atoms with Crippen LogP contribution in [0.5, 0.6) is 11.5 Å². The highest BCUT2D eigenvalue weighted by Crippen LogP contribution is 2.30. The van der Waals surface area contributed by atoms with Crippen LogP contribution in [0.3, 0.4) is 0 Å². The predicted molar refractivity (Wildman–Crippen MR) is 86.8 cm³/mol. The SMILES string of the molecule is O=C(c1ccc(Oc2ccccc2)cc1)N1C2CCC1COC2. The second-order valence-corrected chi connectivity index (χ2v) is 6.07. The Morgan fingerprint density at radius 2 is 1.52 bits per heavy atom. The predicted octanol–water partition coefficient (Wildman–Crippen LogP) is 3.48. The molecular formula is C19H19NO3. The van der Waals surface area contributed by atoms with Crippen LogP contribution in [0.15, 0.2) is 54.6 Å². The third-order valence-corrected chi connectivity index (χ3v) is 4.56. The van der Waals surface area contributed by atoms with Crippen molar-refractivity contribution in [3.05, 3.63) is 60.2 Å². The molecular weight excluding hydrogens is 290 g/mol. The molecule has 1 amide bonds. The van der Waals surface area contributed by atoms with Crippen LogP contribution in [-0.4, -0.2) is 36.1 Å². The first kappa shape index (κ1) is 14.3. The van der Waals surface area contributed by atoms with Crippen molar-refractivity contribution in [3.63, 3.8) is 0 Å². The van der Waals surface area contributed by atoms with E-state index >= 15 is 0 Å². The molecule has 2 aliphatic heterocycles. The van der Waals surface area contributed by atoms with Crippen LogP contribution in [0.2, 0.25) is 0 Å². The molecule has 2 aromatic rings. The highest BCUT2D eigenvalue weighted by atomic mass is 16.5. The fraction of sp³-hybridized carbons (Fsp3) is 0.316. The number of fused-ring (bicyclic) bond motifs is 2. The maximum absolute atomic E-state index is 12.8. The van der Waals surface area contributed by atoms with Crippen molar-refractivity contribution in [3.8, 4) is 11.5 Å². The van der Waals surface area contributed by atoms with Gasteiger partial charge in [0.1, 0.15) is 11.5 Å². The Kier molecular flexibility index (Phi) is 3.75. The number of hydrogen-bond acceptors (Lipinski definition) is 3. The van der Waals surface area contributed by atoms with E-state index in [1.54, 1.807) is 0 Å². The summed E-state index contributed by atoms with van der Waals surface area (Å²) in [7, 11) is 0. The van der Waals surface area contributed by atoms with E-state index in [-0.39, 0.29) is 18.0 Å². The number of ether oxygens (including phenoxy) is 2. The second-order valence-electron chi connectivity index (χ2n) is 6.07. The molecule has 2 fully saturated rings. The number of para-hydroxylation sites is 1. The summed E-state index contributed by atoms with van der Waals surface area (Å²) >= 11 is 0. The Morgan fingerprint density at radius 1 is 0.913 bits per heavy atom. The molecule has 2 unspecified atom stereocenters. The van der Waals surface area contributed by atoms with Gasteiger partial charge in [0, 0.05) is 5.56 Å². The van der Waals surface area contributed by atoms with E-state index in [2.05, 4.69) is 0 Å². The summed E-state index contributed by atoms with van der Waals surface area (Å²) < 4.78 is 11.3. The van der Waals surface area contributed by atoms with E-state index in [4.69, 9.17) is 9.47 Å². The molecule has 118 valence electrons. The fourth-order valence-electron chi connectivity index (χ4n) is 3.40. The number of benzene rings is 2. The molecule has 2 bridgehead atoms. The Labute approximate surface area is 135 Å². The summed E-state index contributed by atoms with van der Waals surface area (Å²) in [5, 5.41) is 0. The molecule has 4 nitrogen and oxygen atoms in total. The zero-order valence-corrected chi connectivity index (χ0v) is 12.9. The van der Waals surface area contributed by atoms with Crippen molar-refractivity contribution in [2.75, 3.05) is 13.2 Å². The summed E-state index contributed by atoms with van der Waals surface area (Å²) in [5.74, 6) is 1.63. The van der Waals surface area contributed by atoms with E-state index in [0.717, 1.165) is 24.3 Å². The van der Waals surface area contributed by atoms with E-state index in [1.165, 1.54) is 0 Å². The Hall–Kier alpha value is -2.33. The molecule has 2 atom stereocenters. The average Bonchev–Trinajstić information content (AvgIpc) is 2.84. The molecule has 0 aliphatic carbocycles. The molecule has 4 heteroatoms. The molecule has 0 radical (unpaired) electrons. The highest BCUT2D eigenvalue weighted by Gasteiger charge is 2.40. The van der Waals surface area contributed by atoms with Crippen molar-refractivity contribution < 1.29 is 14.3 Å². The van der Waals surface area contributed by atoms with Crippen LogP contribution in [-0.2, 0) is 4.74 Å². The third-order valence-electron chi connectivity index (χ3n) is 4.56. The van der Waals surface area contributed by atoms with E-state index in [0.29, 0.717) is 18.8 Å². The number of amides is 1. The monoisotopic (exact) mass is 309 g/mol. The van der Waals surface area contributed by atoms with Crippen LogP contribution in [0.1, 0.15) is 23.2 Å². The molecule has 23 heavy (non-hydrogen) atoms. The van der Waals surface area contributed by atoms with E-state index < -0.39 is 0 Å². The summed E-state index contributed by atoms with van der Waals surface area (Å²) in [6, 6.07) is 17.5. The van der Waals surface area contributed by atoms with Gasteiger partial charge in [0.05, 0.1) is 25.3 Å². The normalized spacial score (nSPS) is 22.9. The first-order valence-electron chi connectivity index (χ1n) is 8.04. The number of rotatable bonds is 3. The van der Waals surface area contributed by atoms with Crippen LogP contribution < -0.4 is 4.74 Å². The lowest BCUT2D eigenvalue weighted by Crippen LogP contribution is -2.49. The van der Waals surface area contributed by atoms with Gasteiger partial charge in [-0.15, -0.1) is 0 Å². The summed E-state index contributed by atoms with van der Waals surface area (Å²) in [6.45, 7) is 1.33. The quantitative estimate of drug-likeness (QED) is 0.871. The van der Waals surface area contributed by atoms with Gasteiger partial charge in [0.15, 0.2) is 0 Å². The largest absolute Gasteiger partial charge is 0.457 e. The Balaban J connectivity index is 1.49. The Morgan fingerprint density at radius 3 is 2.17 bits per heavy atom. The van der Waals surface area contributed by atoms with Gasteiger partial charge in [-0.05, 0) is 49.2 Å². The highest BCUT2D eigenvalue weighted by molar-refractivity contribution is 5.95. The number of hydrogen-bond donors (Lipinski definition) is 0. The van der Waals surface area contributed by atoms with Gasteiger partial charge < -0.3 is 14.4 Å². The smallest absolute Gasteiger partial charge is 0.254 e. The second kappa shape index (κ2) is 6.05. The minimum Gasteiger partial charge on any atom is -0.457 e. The van der Waals surface area contributed by atoms with Gasteiger partial charge in [-0.25, -0.2) is 0 Å². The van der Waals surface area contributed by atoms with Gasteiger partial charge in [-0.1, -0.05) is 18.2 Å². The molecule has 2 heterocycles. The fourth-order valence-corrected chi connectivity index (χ4v) is 3.40. The van der Waals surface area contributed by atoms with Crippen LogP contribution in [0, 0.1) is 0 Å². The van der Waals surface area contributed by atoms with Gasteiger partial charge in [0.25, 0.3) is 5.91 Å². The first-order chi connectivity index (χ1) is 11.3. The Bertz CT molecular complexity index is 668. The number of morpholine rings is 1. The van der Waals surface area contributed by atoms with Crippen molar-refractivity contribution in [2.24, 2.45) is 0 Å². The molecule has 0 saturated carbocycles. The van der Waals surface area contributed by atoms with Gasteiger partial charge in [0.2, 0.25) is 0 Å². The topological polar surface area (TPSA) is 38.8 Å². The van der Waals surface area contributed by atoms with Crippen molar-refractivity contribution in [1.82, 2.24) is 4.90 Å². The van der Waals surface area contributed by atoms with Gasteiger partial charge in [-0.2, -0.15) is 0 Å². The molecule has 2 saturated heterocycles. The lowest BCUT2D eigenvalue weighted by molar-refractivity contribution is -0.00715. The van der Waals surface area contributed by atoms with E-state index in [1.807, 2.05) is 59.5 Å². The van der Waals surface area contributed by atoms with Crippen molar-refractivity contribution in [2.45, 2.75) is 24.9 Å². The number of carbonyl (C=O) groups excluding carboxylic acids is 1. The summed E-state index contributed by atoms with van der Waals surface area (Å²) in [6.07, 6.45) is 2.09. The average molecular weight is 309 g/mol. The maximum atomic E-state index is 12.8. The lowest BCUT2D eigenvalue weighted by Gasteiger charge is -2.34. The molecule has 0 spiro atoms. The first-order valence-corrected chi connectivity index (χ1v) is 8.04. The minimum absolute atomic E-state index is 0.104. The van der Waals surface area contributed by atoms with Gasteiger partial charge >= 0.3 is 0 Å². The minimum atomic E-state index is 0.104. The van der Waals surface area contributed by atoms with E-state index in [9.17, 15) is 4.79 Å². The van der Waals surface area contributed by atoms with Crippen LogP contribution in [0.25, 0.3) is 0 Å². The third kappa shape index (κ3) is 2.82. The molecule has 0 aromatic heterocycles. The summed E-state index contributed by atoms with van der Waals surface area (Å²) in [4.78, 5) is 14.8. The van der Waals surface area contributed by atoms with Crippen LogP contribution in [0.4, 0.5) is 0 Å². The number of nitrogens with zero attached hydrogens (tertiary/aromatic N) is 1. The molecule has 2 aromatic carbocycles.